The number of carbonyl (C=O) groups is 3. The number of Topliss-reactive ketones (excluding diaryl/α,β-unsaturated/α-hetero) is 1. The molecule has 2 amide bonds. The van der Waals surface area contributed by atoms with Gasteiger partial charge in [-0.15, -0.1) is 0 Å². The fraction of sp³-hybridized carbons (Fsp3) is 0.318. The summed E-state index contributed by atoms with van der Waals surface area (Å²) in [5, 5.41) is 2.78. The quantitative estimate of drug-likeness (QED) is 0.704. The second kappa shape index (κ2) is 9.67. The van der Waals surface area contributed by atoms with Crippen molar-refractivity contribution in [2.45, 2.75) is 33.6 Å². The molecular weight excluding hydrogens is 340 g/mol. The van der Waals surface area contributed by atoms with Crippen LogP contribution in [0.25, 0.3) is 0 Å². The standard InChI is InChI=1S/C22H26N2O3/c1-4-13-24(14-5-2)22(27)18-11-9-17(10-12-18)21(26)23-20-8-6-7-19(15-20)16(3)25/h6-12,15H,4-5,13-14H2,1-3H3,(H,23,26). The fourth-order valence-corrected chi connectivity index (χ4v) is 2.82. The van der Waals surface area contributed by atoms with Crippen LogP contribution < -0.4 is 5.32 Å². The molecule has 2 aromatic carbocycles. The normalized spacial score (nSPS) is 10.3. The number of benzene rings is 2. The Kier molecular flexibility index (Phi) is 7.29. The summed E-state index contributed by atoms with van der Waals surface area (Å²) < 4.78 is 0. The molecule has 0 atom stereocenters. The number of amides is 2. The van der Waals surface area contributed by atoms with E-state index < -0.39 is 0 Å². The van der Waals surface area contributed by atoms with E-state index >= 15 is 0 Å². The van der Waals surface area contributed by atoms with Crippen LogP contribution in [0.1, 0.15) is 64.7 Å². The van der Waals surface area contributed by atoms with Crippen molar-refractivity contribution in [1.29, 1.82) is 0 Å². The minimum Gasteiger partial charge on any atom is -0.339 e. The van der Waals surface area contributed by atoms with Crippen molar-refractivity contribution >= 4 is 23.3 Å². The number of nitrogens with one attached hydrogen (secondary N) is 1. The lowest BCUT2D eigenvalue weighted by Crippen LogP contribution is -2.32. The van der Waals surface area contributed by atoms with Gasteiger partial charge in [-0.25, -0.2) is 0 Å². The lowest BCUT2D eigenvalue weighted by molar-refractivity contribution is 0.0755. The lowest BCUT2D eigenvalue weighted by atomic mass is 10.1. The van der Waals surface area contributed by atoms with Crippen molar-refractivity contribution in [2.24, 2.45) is 0 Å². The minimum atomic E-state index is -0.284. The molecule has 0 fully saturated rings. The molecule has 27 heavy (non-hydrogen) atoms. The summed E-state index contributed by atoms with van der Waals surface area (Å²) in [6.45, 7) is 7.02. The van der Waals surface area contributed by atoms with Gasteiger partial charge in [-0.3, -0.25) is 14.4 Å². The highest BCUT2D eigenvalue weighted by Crippen LogP contribution is 2.14. The summed E-state index contributed by atoms with van der Waals surface area (Å²) in [7, 11) is 0. The van der Waals surface area contributed by atoms with E-state index in [0.29, 0.717) is 22.4 Å². The van der Waals surface area contributed by atoms with Gasteiger partial charge in [-0.05, 0) is 56.2 Å². The van der Waals surface area contributed by atoms with E-state index in [0.717, 1.165) is 25.9 Å². The van der Waals surface area contributed by atoms with Crippen molar-refractivity contribution in [1.82, 2.24) is 4.90 Å². The Morgan fingerprint density at radius 2 is 1.44 bits per heavy atom. The third-order valence-electron chi connectivity index (χ3n) is 4.20. The molecule has 2 aromatic rings. The summed E-state index contributed by atoms with van der Waals surface area (Å²) in [6, 6.07) is 13.5. The van der Waals surface area contributed by atoms with E-state index in [9.17, 15) is 14.4 Å². The zero-order chi connectivity index (χ0) is 19.8. The molecule has 0 aliphatic rings. The highest BCUT2D eigenvalue weighted by atomic mass is 16.2. The molecule has 5 nitrogen and oxygen atoms in total. The van der Waals surface area contributed by atoms with Crippen LogP contribution in [0, 0.1) is 0 Å². The highest BCUT2D eigenvalue weighted by Gasteiger charge is 2.15. The molecule has 0 unspecified atom stereocenters. The Balaban J connectivity index is 2.10. The van der Waals surface area contributed by atoms with Crippen LogP contribution in [0.5, 0.6) is 0 Å². The van der Waals surface area contributed by atoms with Gasteiger partial charge < -0.3 is 10.2 Å². The van der Waals surface area contributed by atoms with Crippen LogP contribution in [0.2, 0.25) is 0 Å². The van der Waals surface area contributed by atoms with Gasteiger partial charge >= 0.3 is 0 Å². The topological polar surface area (TPSA) is 66.5 Å². The third-order valence-corrected chi connectivity index (χ3v) is 4.20. The Morgan fingerprint density at radius 1 is 0.852 bits per heavy atom. The number of hydrogen-bond donors (Lipinski definition) is 1. The van der Waals surface area contributed by atoms with Crippen LogP contribution in [0.3, 0.4) is 0 Å². The van der Waals surface area contributed by atoms with Crippen LogP contribution in [-0.4, -0.2) is 35.6 Å². The first kappa shape index (κ1) is 20.4. The molecule has 2 rings (SSSR count). The van der Waals surface area contributed by atoms with E-state index in [1.165, 1.54) is 6.92 Å². The van der Waals surface area contributed by atoms with E-state index in [2.05, 4.69) is 5.32 Å². The van der Waals surface area contributed by atoms with Gasteiger partial charge in [-0.1, -0.05) is 26.0 Å². The number of anilines is 1. The summed E-state index contributed by atoms with van der Waals surface area (Å²) in [4.78, 5) is 38.3. The Morgan fingerprint density at radius 3 is 2.00 bits per heavy atom. The Hall–Kier alpha value is -2.95. The summed E-state index contributed by atoms with van der Waals surface area (Å²) in [5.74, 6) is -0.355. The van der Waals surface area contributed by atoms with E-state index in [4.69, 9.17) is 0 Å². The van der Waals surface area contributed by atoms with Gasteiger partial charge in [-0.2, -0.15) is 0 Å². The maximum absolute atomic E-state index is 12.6. The largest absolute Gasteiger partial charge is 0.339 e. The zero-order valence-electron chi connectivity index (χ0n) is 16.1. The molecule has 0 aromatic heterocycles. The van der Waals surface area contributed by atoms with Gasteiger partial charge in [0.1, 0.15) is 0 Å². The molecule has 0 heterocycles. The Labute approximate surface area is 160 Å². The van der Waals surface area contributed by atoms with Crippen molar-refractivity contribution in [3.63, 3.8) is 0 Å². The molecule has 0 aliphatic heterocycles. The molecule has 5 heteroatoms. The first-order valence-electron chi connectivity index (χ1n) is 9.28. The average molecular weight is 366 g/mol. The molecule has 0 aliphatic carbocycles. The molecule has 0 radical (unpaired) electrons. The Bertz CT molecular complexity index is 807. The summed E-state index contributed by atoms with van der Waals surface area (Å²) in [5.41, 5.74) is 2.13. The molecule has 0 spiro atoms. The number of ketones is 1. The van der Waals surface area contributed by atoms with Crippen molar-refractivity contribution in [3.8, 4) is 0 Å². The SMILES string of the molecule is CCCN(CCC)C(=O)c1ccc(C(=O)Nc2cccc(C(C)=O)c2)cc1. The van der Waals surface area contributed by atoms with Gasteiger partial charge in [0.25, 0.3) is 11.8 Å². The number of hydrogen-bond acceptors (Lipinski definition) is 3. The molecule has 0 bridgehead atoms. The lowest BCUT2D eigenvalue weighted by Gasteiger charge is -2.21. The first-order chi connectivity index (χ1) is 13.0. The number of carbonyl (C=O) groups excluding carboxylic acids is 3. The van der Waals surface area contributed by atoms with E-state index in [1.54, 1.807) is 48.5 Å². The molecule has 1 N–H and O–H groups in total. The van der Waals surface area contributed by atoms with Crippen LogP contribution >= 0.6 is 0 Å². The second-order valence-corrected chi connectivity index (χ2v) is 6.46. The average Bonchev–Trinajstić information content (AvgIpc) is 2.67. The van der Waals surface area contributed by atoms with Gasteiger partial charge in [0.2, 0.25) is 0 Å². The smallest absolute Gasteiger partial charge is 0.255 e. The van der Waals surface area contributed by atoms with Crippen molar-refractivity contribution in [3.05, 3.63) is 65.2 Å². The predicted molar refractivity (Wildman–Crippen MR) is 107 cm³/mol. The van der Waals surface area contributed by atoms with E-state index in [-0.39, 0.29) is 17.6 Å². The monoisotopic (exact) mass is 366 g/mol. The van der Waals surface area contributed by atoms with Crippen LogP contribution in [0.4, 0.5) is 5.69 Å². The van der Waals surface area contributed by atoms with Gasteiger partial charge in [0.15, 0.2) is 5.78 Å². The van der Waals surface area contributed by atoms with Crippen molar-refractivity contribution < 1.29 is 14.4 Å². The molecule has 0 saturated heterocycles. The van der Waals surface area contributed by atoms with Crippen LogP contribution in [-0.2, 0) is 0 Å². The summed E-state index contributed by atoms with van der Waals surface area (Å²) >= 11 is 0. The highest BCUT2D eigenvalue weighted by molar-refractivity contribution is 6.05. The second-order valence-electron chi connectivity index (χ2n) is 6.46. The maximum atomic E-state index is 12.6. The first-order valence-corrected chi connectivity index (χ1v) is 9.28. The molecule has 142 valence electrons. The number of rotatable bonds is 8. The van der Waals surface area contributed by atoms with Crippen molar-refractivity contribution in [2.75, 3.05) is 18.4 Å². The van der Waals surface area contributed by atoms with Gasteiger partial charge in [0, 0.05) is 35.5 Å². The van der Waals surface area contributed by atoms with Crippen LogP contribution in [0.15, 0.2) is 48.5 Å². The number of nitrogens with zero attached hydrogens (tertiary/aromatic N) is 1. The fourth-order valence-electron chi connectivity index (χ4n) is 2.82. The minimum absolute atomic E-state index is 0.0141. The zero-order valence-corrected chi connectivity index (χ0v) is 16.1. The maximum Gasteiger partial charge on any atom is 0.255 e. The molecular formula is C22H26N2O3. The van der Waals surface area contributed by atoms with Gasteiger partial charge in [0.05, 0.1) is 0 Å². The summed E-state index contributed by atoms with van der Waals surface area (Å²) in [6.07, 6.45) is 1.82. The molecule has 0 saturated carbocycles. The predicted octanol–water partition coefficient (Wildman–Crippen LogP) is 4.40. The van der Waals surface area contributed by atoms with E-state index in [1.807, 2.05) is 18.7 Å². The third kappa shape index (κ3) is 5.51.